The third-order valence-corrected chi connectivity index (χ3v) is 1.83. The quantitative estimate of drug-likeness (QED) is 0.627. The van der Waals surface area contributed by atoms with Gasteiger partial charge in [0.2, 0.25) is 0 Å². The summed E-state index contributed by atoms with van der Waals surface area (Å²) in [5.74, 6) is 1.08. The lowest BCUT2D eigenvalue weighted by molar-refractivity contribution is 0.563. The lowest BCUT2D eigenvalue weighted by Gasteiger charge is -2.17. The molecular weight excluding hydrogens is 172 g/mol. The van der Waals surface area contributed by atoms with E-state index in [1.807, 2.05) is 6.07 Å². The summed E-state index contributed by atoms with van der Waals surface area (Å²) < 4.78 is 0. The highest BCUT2D eigenvalue weighted by molar-refractivity contribution is 6.16. The summed E-state index contributed by atoms with van der Waals surface area (Å²) in [6.45, 7) is 6.36. The molecule has 0 spiro atoms. The molecule has 0 amide bonds. The summed E-state index contributed by atoms with van der Waals surface area (Å²) in [5, 5.41) is 0. The molecule has 66 valence electrons. The van der Waals surface area contributed by atoms with Gasteiger partial charge >= 0.3 is 0 Å². The molecule has 1 heterocycles. The first-order chi connectivity index (χ1) is 5.54. The Balaban J connectivity index is 3.02. The van der Waals surface area contributed by atoms with Gasteiger partial charge in [0.25, 0.3) is 0 Å². The zero-order chi connectivity index (χ0) is 9.19. The Morgan fingerprint density at radius 3 is 2.58 bits per heavy atom. The van der Waals surface area contributed by atoms with Crippen molar-refractivity contribution < 1.29 is 0 Å². The Bertz CT molecular complexity index is 265. The van der Waals surface area contributed by atoms with Crippen molar-refractivity contribution in [3.63, 3.8) is 0 Å². The monoisotopic (exact) mass is 184 g/mol. The predicted molar refractivity (Wildman–Crippen MR) is 50.3 cm³/mol. The highest BCUT2D eigenvalue weighted by atomic mass is 35.5. The van der Waals surface area contributed by atoms with Crippen LogP contribution in [0, 0.1) is 0 Å². The maximum absolute atomic E-state index is 5.62. The van der Waals surface area contributed by atoms with E-state index in [0.29, 0.717) is 11.7 Å². The first-order valence-electron chi connectivity index (χ1n) is 3.92. The summed E-state index contributed by atoms with van der Waals surface area (Å²) in [6.07, 6.45) is 1.76. The molecule has 0 atom stereocenters. The number of alkyl halides is 1. The maximum Gasteiger partial charge on any atom is 0.143 e. The minimum atomic E-state index is 0.0732. The molecule has 3 heteroatoms. The van der Waals surface area contributed by atoms with Crippen molar-refractivity contribution in [3.8, 4) is 0 Å². The van der Waals surface area contributed by atoms with Gasteiger partial charge in [-0.1, -0.05) is 20.8 Å². The zero-order valence-corrected chi connectivity index (χ0v) is 8.39. The van der Waals surface area contributed by atoms with Gasteiger partial charge in [-0.25, -0.2) is 9.97 Å². The fraction of sp³-hybridized carbons (Fsp3) is 0.556. The van der Waals surface area contributed by atoms with E-state index in [4.69, 9.17) is 11.6 Å². The van der Waals surface area contributed by atoms with Crippen LogP contribution in [0.4, 0.5) is 0 Å². The summed E-state index contributed by atoms with van der Waals surface area (Å²) in [7, 11) is 0. The molecule has 0 aliphatic heterocycles. The van der Waals surface area contributed by atoms with E-state index in [0.717, 1.165) is 5.69 Å². The third-order valence-electron chi connectivity index (χ3n) is 1.59. The summed E-state index contributed by atoms with van der Waals surface area (Å²) in [5.41, 5.74) is 1.11. The number of hydrogen-bond acceptors (Lipinski definition) is 2. The number of halogens is 1. The van der Waals surface area contributed by atoms with Crippen LogP contribution >= 0.6 is 11.6 Å². The highest BCUT2D eigenvalue weighted by Crippen LogP contribution is 2.19. The van der Waals surface area contributed by atoms with E-state index in [2.05, 4.69) is 30.7 Å². The van der Waals surface area contributed by atoms with Gasteiger partial charge in [0.1, 0.15) is 5.82 Å². The van der Waals surface area contributed by atoms with Gasteiger partial charge in [0, 0.05) is 17.3 Å². The van der Waals surface area contributed by atoms with Gasteiger partial charge in [-0.3, -0.25) is 0 Å². The van der Waals surface area contributed by atoms with Crippen molar-refractivity contribution in [1.29, 1.82) is 0 Å². The highest BCUT2D eigenvalue weighted by Gasteiger charge is 2.15. The SMILES string of the molecule is CC(C)(C)c1ccnc(CCl)n1. The minimum Gasteiger partial charge on any atom is -0.240 e. The molecule has 12 heavy (non-hydrogen) atoms. The van der Waals surface area contributed by atoms with Crippen molar-refractivity contribution in [2.75, 3.05) is 0 Å². The van der Waals surface area contributed by atoms with Crippen LogP contribution in [0.1, 0.15) is 32.3 Å². The molecule has 1 rings (SSSR count). The summed E-state index contributed by atoms with van der Waals surface area (Å²) in [4.78, 5) is 8.35. The average Bonchev–Trinajstić information content (AvgIpc) is 2.03. The van der Waals surface area contributed by atoms with Crippen LogP contribution in [0.3, 0.4) is 0 Å². The second-order valence-corrected chi connectivity index (χ2v) is 4.01. The normalized spacial score (nSPS) is 11.7. The minimum absolute atomic E-state index is 0.0732. The number of aromatic nitrogens is 2. The van der Waals surface area contributed by atoms with Gasteiger partial charge in [0.05, 0.1) is 5.88 Å². The van der Waals surface area contributed by atoms with E-state index in [1.165, 1.54) is 0 Å². The van der Waals surface area contributed by atoms with E-state index in [-0.39, 0.29) is 5.41 Å². The average molecular weight is 185 g/mol. The second-order valence-electron chi connectivity index (χ2n) is 3.74. The van der Waals surface area contributed by atoms with Crippen LogP contribution in [-0.2, 0) is 11.3 Å². The molecule has 0 aliphatic rings. The van der Waals surface area contributed by atoms with Gasteiger partial charge in [-0.05, 0) is 6.07 Å². The lowest BCUT2D eigenvalue weighted by atomic mass is 9.92. The van der Waals surface area contributed by atoms with Crippen LogP contribution in [-0.4, -0.2) is 9.97 Å². The predicted octanol–water partition coefficient (Wildman–Crippen LogP) is 2.51. The van der Waals surface area contributed by atoms with Crippen molar-refractivity contribution >= 4 is 11.6 Å². The molecule has 0 aliphatic carbocycles. The molecule has 0 radical (unpaired) electrons. The van der Waals surface area contributed by atoms with Crippen LogP contribution in [0.5, 0.6) is 0 Å². The Morgan fingerprint density at radius 1 is 1.42 bits per heavy atom. The van der Waals surface area contributed by atoms with Crippen molar-refractivity contribution in [1.82, 2.24) is 9.97 Å². The first kappa shape index (κ1) is 9.46. The third kappa shape index (κ3) is 2.18. The smallest absolute Gasteiger partial charge is 0.143 e. The molecule has 0 aromatic carbocycles. The van der Waals surface area contributed by atoms with Gasteiger partial charge < -0.3 is 0 Å². The number of nitrogens with zero attached hydrogens (tertiary/aromatic N) is 2. The Morgan fingerprint density at radius 2 is 2.08 bits per heavy atom. The van der Waals surface area contributed by atoms with Gasteiger partial charge in [-0.2, -0.15) is 0 Å². The topological polar surface area (TPSA) is 25.8 Å². The second kappa shape index (κ2) is 3.40. The Labute approximate surface area is 78.0 Å². The van der Waals surface area contributed by atoms with Crippen LogP contribution < -0.4 is 0 Å². The van der Waals surface area contributed by atoms with Crippen LogP contribution in [0.25, 0.3) is 0 Å². The van der Waals surface area contributed by atoms with E-state index in [9.17, 15) is 0 Å². The van der Waals surface area contributed by atoms with Crippen molar-refractivity contribution in [3.05, 3.63) is 23.8 Å². The molecule has 0 fully saturated rings. The molecule has 1 aromatic rings. The first-order valence-corrected chi connectivity index (χ1v) is 4.46. The molecule has 0 saturated carbocycles. The maximum atomic E-state index is 5.62. The van der Waals surface area contributed by atoms with E-state index < -0.39 is 0 Å². The van der Waals surface area contributed by atoms with Crippen molar-refractivity contribution in [2.45, 2.75) is 32.1 Å². The van der Waals surface area contributed by atoms with Crippen molar-refractivity contribution in [2.24, 2.45) is 0 Å². The molecule has 1 aromatic heterocycles. The number of hydrogen-bond donors (Lipinski definition) is 0. The zero-order valence-electron chi connectivity index (χ0n) is 7.63. The lowest BCUT2D eigenvalue weighted by Crippen LogP contribution is -2.14. The fourth-order valence-electron chi connectivity index (χ4n) is 0.881. The Kier molecular flexibility index (Phi) is 2.68. The fourth-order valence-corrected chi connectivity index (χ4v) is 1.01. The van der Waals surface area contributed by atoms with Gasteiger partial charge in [-0.15, -0.1) is 11.6 Å². The molecule has 0 N–H and O–H groups in total. The van der Waals surface area contributed by atoms with Crippen LogP contribution in [0.2, 0.25) is 0 Å². The largest absolute Gasteiger partial charge is 0.240 e. The van der Waals surface area contributed by atoms with E-state index >= 15 is 0 Å². The number of rotatable bonds is 1. The molecule has 2 nitrogen and oxygen atoms in total. The summed E-state index contributed by atoms with van der Waals surface area (Å²) >= 11 is 5.62. The molecule has 0 bridgehead atoms. The standard InChI is InChI=1S/C9H13ClN2/c1-9(2,3)7-4-5-11-8(6-10)12-7/h4-5H,6H2,1-3H3. The summed E-state index contributed by atoms with van der Waals surface area (Å²) in [6, 6.07) is 1.93. The molecular formula is C9H13ClN2. The van der Waals surface area contributed by atoms with Crippen LogP contribution in [0.15, 0.2) is 12.3 Å². The molecule has 0 unspecified atom stereocenters. The van der Waals surface area contributed by atoms with E-state index in [1.54, 1.807) is 6.20 Å². The molecule has 0 saturated heterocycles. The Hall–Kier alpha value is -0.630. The van der Waals surface area contributed by atoms with Gasteiger partial charge in [0.15, 0.2) is 0 Å².